The molecule has 4 heteroatoms. The van der Waals surface area contributed by atoms with Crippen molar-refractivity contribution in [3.05, 3.63) is 58.7 Å². The summed E-state index contributed by atoms with van der Waals surface area (Å²) in [5.41, 5.74) is 5.35. The predicted molar refractivity (Wildman–Crippen MR) is 109 cm³/mol. The van der Waals surface area contributed by atoms with Gasteiger partial charge in [-0.2, -0.15) is 9.98 Å². The Labute approximate surface area is 161 Å². The first-order valence-electron chi connectivity index (χ1n) is 8.99. The predicted octanol–water partition coefficient (Wildman–Crippen LogP) is 5.81. The quantitative estimate of drug-likeness (QED) is 0.509. The molecule has 0 bridgehead atoms. The van der Waals surface area contributed by atoms with E-state index in [1.807, 2.05) is 24.3 Å². The zero-order valence-electron chi connectivity index (χ0n) is 16.9. The van der Waals surface area contributed by atoms with Gasteiger partial charge in [-0.15, -0.1) is 0 Å². The normalized spacial score (nSPS) is 11.5. The first-order valence-corrected chi connectivity index (χ1v) is 8.99. The van der Waals surface area contributed by atoms with Gasteiger partial charge in [0, 0.05) is 0 Å². The molecule has 2 aromatic carbocycles. The Morgan fingerprint density at radius 3 is 1.37 bits per heavy atom. The molecule has 0 saturated carbocycles. The Morgan fingerprint density at radius 1 is 0.704 bits per heavy atom. The van der Waals surface area contributed by atoms with Crippen LogP contribution < -0.4 is 0 Å². The first-order chi connectivity index (χ1) is 12.6. The van der Waals surface area contributed by atoms with Crippen molar-refractivity contribution < 1.29 is 9.59 Å². The van der Waals surface area contributed by atoms with Gasteiger partial charge in [0.05, 0.1) is 11.4 Å². The summed E-state index contributed by atoms with van der Waals surface area (Å²) < 4.78 is 0. The van der Waals surface area contributed by atoms with Gasteiger partial charge in [-0.1, -0.05) is 65.8 Å². The number of hydrogen-bond donors (Lipinski definition) is 0. The van der Waals surface area contributed by atoms with E-state index in [1.54, 1.807) is 12.2 Å². The van der Waals surface area contributed by atoms with Crippen molar-refractivity contribution in [3.63, 3.8) is 0 Å². The Balaban J connectivity index is 2.48. The molecule has 0 aromatic heterocycles. The number of hydrogen-bond acceptors (Lipinski definition) is 4. The molecule has 0 aliphatic carbocycles. The van der Waals surface area contributed by atoms with Gasteiger partial charge < -0.3 is 0 Å². The Morgan fingerprint density at radius 2 is 1.07 bits per heavy atom. The Bertz CT molecular complexity index is 856. The van der Waals surface area contributed by atoms with Crippen LogP contribution in [-0.4, -0.2) is 12.2 Å². The van der Waals surface area contributed by atoms with Crippen LogP contribution in [0.1, 0.15) is 63.8 Å². The zero-order valence-corrected chi connectivity index (χ0v) is 16.9. The van der Waals surface area contributed by atoms with Gasteiger partial charge >= 0.3 is 0 Å². The summed E-state index contributed by atoms with van der Waals surface area (Å²) >= 11 is 0. The summed E-state index contributed by atoms with van der Waals surface area (Å²) in [6.07, 6.45) is 4.02. The molecule has 0 aliphatic heterocycles. The standard InChI is InChI=1S/C23H26N2O2/c1-22(2,3)18-12-16(7-9-20(18)24-14-26)11-17-8-10-21(25-15-27)19(13-17)23(4,5)6/h7-10,12-13H,11H2,1-6H3. The van der Waals surface area contributed by atoms with E-state index in [2.05, 4.69) is 63.7 Å². The van der Waals surface area contributed by atoms with Gasteiger partial charge in [-0.05, 0) is 51.6 Å². The lowest BCUT2D eigenvalue weighted by molar-refractivity contribution is 0.563. The summed E-state index contributed by atoms with van der Waals surface area (Å²) in [5.74, 6) is 0. The number of aliphatic imine (C=N–C) groups is 2. The van der Waals surface area contributed by atoms with Gasteiger partial charge in [-0.25, -0.2) is 9.59 Å². The molecular formula is C23H26N2O2. The molecule has 2 aromatic rings. The lowest BCUT2D eigenvalue weighted by Gasteiger charge is -2.23. The monoisotopic (exact) mass is 362 g/mol. The molecule has 4 nitrogen and oxygen atoms in total. The minimum absolute atomic E-state index is 0.134. The van der Waals surface area contributed by atoms with Gasteiger partial charge in [0.1, 0.15) is 0 Å². The highest BCUT2D eigenvalue weighted by atomic mass is 16.1. The number of benzene rings is 2. The van der Waals surface area contributed by atoms with Gasteiger partial charge in [0.2, 0.25) is 12.2 Å². The van der Waals surface area contributed by atoms with Gasteiger partial charge in [0.25, 0.3) is 0 Å². The van der Waals surface area contributed by atoms with Crippen molar-refractivity contribution in [2.24, 2.45) is 9.98 Å². The molecule has 0 unspecified atom stereocenters. The second-order valence-corrected chi connectivity index (χ2v) is 8.79. The van der Waals surface area contributed by atoms with E-state index in [-0.39, 0.29) is 10.8 Å². The van der Waals surface area contributed by atoms with Crippen LogP contribution in [0.2, 0.25) is 0 Å². The number of rotatable bonds is 4. The minimum Gasteiger partial charge on any atom is -0.211 e. The highest BCUT2D eigenvalue weighted by Gasteiger charge is 2.20. The van der Waals surface area contributed by atoms with Crippen molar-refractivity contribution in [1.82, 2.24) is 0 Å². The third-order valence-electron chi connectivity index (χ3n) is 4.48. The topological polar surface area (TPSA) is 58.9 Å². The molecular weight excluding hydrogens is 336 g/mol. The molecule has 0 radical (unpaired) electrons. The first kappa shape index (κ1) is 20.5. The lowest BCUT2D eigenvalue weighted by atomic mass is 9.83. The molecule has 2 rings (SSSR count). The second-order valence-electron chi connectivity index (χ2n) is 8.79. The number of carbonyl (C=O) groups excluding carboxylic acids is 2. The minimum atomic E-state index is -0.134. The zero-order chi connectivity index (χ0) is 20.2. The van der Waals surface area contributed by atoms with Crippen molar-refractivity contribution in [3.8, 4) is 0 Å². The van der Waals surface area contributed by atoms with E-state index < -0.39 is 0 Å². The van der Waals surface area contributed by atoms with E-state index in [0.717, 1.165) is 28.7 Å². The molecule has 140 valence electrons. The van der Waals surface area contributed by atoms with Crippen LogP contribution in [0.5, 0.6) is 0 Å². The third kappa shape index (κ3) is 5.10. The average molecular weight is 362 g/mol. The van der Waals surface area contributed by atoms with Crippen molar-refractivity contribution in [2.75, 3.05) is 0 Å². The van der Waals surface area contributed by atoms with Crippen molar-refractivity contribution in [1.29, 1.82) is 0 Å². The number of isocyanates is 2. The van der Waals surface area contributed by atoms with Crippen LogP contribution in [0.4, 0.5) is 11.4 Å². The molecule has 0 spiro atoms. The fourth-order valence-electron chi connectivity index (χ4n) is 3.12. The van der Waals surface area contributed by atoms with Crippen LogP contribution in [0.25, 0.3) is 0 Å². The molecule has 0 aliphatic rings. The van der Waals surface area contributed by atoms with Crippen LogP contribution in [0.3, 0.4) is 0 Å². The molecule has 0 N–H and O–H groups in total. The fourth-order valence-corrected chi connectivity index (χ4v) is 3.12. The molecule has 0 fully saturated rings. The van der Waals surface area contributed by atoms with E-state index in [0.29, 0.717) is 11.4 Å². The maximum atomic E-state index is 10.7. The SMILES string of the molecule is CC(C)(C)c1cc(Cc2ccc(N=C=O)c(C(C)(C)C)c2)ccc1N=C=O. The van der Waals surface area contributed by atoms with E-state index in [1.165, 1.54) is 0 Å². The Hall–Kier alpha value is -2.80. The smallest absolute Gasteiger partial charge is 0.211 e. The van der Waals surface area contributed by atoms with Crippen LogP contribution in [-0.2, 0) is 26.8 Å². The second kappa shape index (κ2) is 7.84. The van der Waals surface area contributed by atoms with Gasteiger partial charge in [-0.3, -0.25) is 0 Å². The maximum absolute atomic E-state index is 10.7. The highest BCUT2D eigenvalue weighted by Crippen LogP contribution is 2.35. The third-order valence-corrected chi connectivity index (χ3v) is 4.48. The van der Waals surface area contributed by atoms with Crippen LogP contribution in [0, 0.1) is 0 Å². The molecule has 0 amide bonds. The summed E-state index contributed by atoms with van der Waals surface area (Å²) in [5, 5.41) is 0. The lowest BCUT2D eigenvalue weighted by Crippen LogP contribution is -2.13. The van der Waals surface area contributed by atoms with E-state index in [9.17, 15) is 9.59 Å². The molecule has 0 atom stereocenters. The molecule has 0 saturated heterocycles. The molecule has 27 heavy (non-hydrogen) atoms. The summed E-state index contributed by atoms with van der Waals surface area (Å²) in [7, 11) is 0. The summed E-state index contributed by atoms with van der Waals surface area (Å²) in [6.45, 7) is 12.6. The van der Waals surface area contributed by atoms with Crippen molar-refractivity contribution in [2.45, 2.75) is 58.8 Å². The Kier molecular flexibility index (Phi) is 5.95. The molecule has 0 heterocycles. The van der Waals surface area contributed by atoms with Crippen LogP contribution in [0.15, 0.2) is 46.4 Å². The largest absolute Gasteiger partial charge is 0.240 e. The van der Waals surface area contributed by atoms with E-state index in [4.69, 9.17) is 0 Å². The highest BCUT2D eigenvalue weighted by molar-refractivity contribution is 5.59. The van der Waals surface area contributed by atoms with E-state index >= 15 is 0 Å². The number of nitrogens with zero attached hydrogens (tertiary/aromatic N) is 2. The maximum Gasteiger partial charge on any atom is 0.240 e. The van der Waals surface area contributed by atoms with Crippen LogP contribution >= 0.6 is 0 Å². The summed E-state index contributed by atoms with van der Waals surface area (Å²) in [6, 6.07) is 11.9. The average Bonchev–Trinajstić information content (AvgIpc) is 2.56. The fraction of sp³-hybridized carbons (Fsp3) is 0.391. The summed E-state index contributed by atoms with van der Waals surface area (Å²) in [4.78, 5) is 29.1. The van der Waals surface area contributed by atoms with Gasteiger partial charge in [0.15, 0.2) is 0 Å². The van der Waals surface area contributed by atoms with Crippen molar-refractivity contribution >= 4 is 23.5 Å².